The van der Waals surface area contributed by atoms with Gasteiger partial charge in [-0.15, -0.1) is 12.4 Å². The minimum absolute atomic E-state index is 0. The molecule has 0 aromatic rings. The largest absolute Gasteiger partial charge is 0.295 e. The molecule has 0 N–H and O–H groups in total. The molecule has 0 rings (SSSR count). The second kappa shape index (κ2) is 19.3. The normalized spacial score (nSPS) is 3.33. The molecule has 4 heteroatoms. The Labute approximate surface area is 51.6 Å². The number of aldehydes is 2. The Morgan fingerprint density at radius 3 is 1.17 bits per heavy atom. The maximum Gasteiger partial charge on any atom is 0.182 e. The van der Waals surface area contributed by atoms with Crippen LogP contribution in [-0.4, -0.2) is 12.6 Å². The first-order chi connectivity index (χ1) is 1.91. The van der Waals surface area contributed by atoms with Crippen molar-refractivity contribution < 1.29 is 26.1 Å². The summed E-state index contributed by atoms with van der Waals surface area (Å²) in [7, 11) is 0. The third kappa shape index (κ3) is 31.9. The second-order valence-corrected chi connectivity index (χ2v) is 0.272. The van der Waals surface area contributed by atoms with Crippen LogP contribution >= 0.6 is 12.4 Å². The minimum atomic E-state index is 0. The van der Waals surface area contributed by atoms with E-state index in [0.29, 0.717) is 0 Å². The molecule has 0 atom stereocenters. The summed E-state index contributed by atoms with van der Waals surface area (Å²) in [6.45, 7) is 0. The van der Waals surface area contributed by atoms with Gasteiger partial charge in [0.25, 0.3) is 0 Å². The van der Waals surface area contributed by atoms with E-state index in [0.717, 1.165) is 0 Å². The molecule has 2 nitrogen and oxygen atoms in total. The minimum Gasteiger partial charge on any atom is -0.295 e. The van der Waals surface area contributed by atoms with Crippen LogP contribution in [0.5, 0.6) is 0 Å². The van der Waals surface area contributed by atoms with Gasteiger partial charge in [-0.1, -0.05) is 0 Å². The predicted octanol–water partition coefficient (Wildman–Crippen LogP) is -0.197. The number of hydrogen-bond acceptors (Lipinski definition) is 2. The van der Waals surface area contributed by atoms with E-state index in [1.54, 1.807) is 0 Å². The summed E-state index contributed by atoms with van der Waals surface area (Å²) in [6.07, 6.45) is 0.389. The summed E-state index contributed by atoms with van der Waals surface area (Å²) >= 11 is 0. The van der Waals surface area contributed by atoms with Gasteiger partial charge in [0.1, 0.15) is 0 Å². The zero-order chi connectivity index (χ0) is 3.41. The smallest absolute Gasteiger partial charge is 0.182 e. The molecule has 0 unspecified atom stereocenters. The van der Waals surface area contributed by atoms with E-state index >= 15 is 0 Å². The van der Waals surface area contributed by atoms with Crippen molar-refractivity contribution in [3.05, 3.63) is 0 Å². The van der Waals surface area contributed by atoms with E-state index in [-0.39, 0.29) is 41.5 Å². The molecule has 0 aromatic heterocycles. The van der Waals surface area contributed by atoms with Crippen LogP contribution in [0.3, 0.4) is 0 Å². The number of halogens is 1. The van der Waals surface area contributed by atoms with E-state index < -0.39 is 0 Å². The van der Waals surface area contributed by atoms with Crippen LogP contribution < -0.4 is 0 Å². The molecule has 0 aliphatic rings. The molecule has 0 aliphatic carbocycles. The standard InChI is InChI=1S/C2H2O2.ClH.Ni/c3-1-2-4;;/h1-2H;1H;. The summed E-state index contributed by atoms with van der Waals surface area (Å²) in [6, 6.07) is 0. The molecule has 0 aromatic carbocycles. The first-order valence-electron chi connectivity index (χ1n) is 0.805. The second-order valence-electron chi connectivity index (χ2n) is 0.272. The molecule has 0 bridgehead atoms. The SMILES string of the molecule is Cl.O=CC=O.[Ni]. The van der Waals surface area contributed by atoms with Crippen molar-refractivity contribution >= 4 is 25.0 Å². The van der Waals surface area contributed by atoms with Gasteiger partial charge in [0.2, 0.25) is 0 Å². The Hall–Kier alpha value is 0.124. The molecule has 0 spiro atoms. The van der Waals surface area contributed by atoms with Gasteiger partial charge < -0.3 is 0 Å². The number of rotatable bonds is 1. The monoisotopic (exact) mass is 152 g/mol. The Kier molecular flexibility index (Phi) is 53.1. The van der Waals surface area contributed by atoms with Crippen LogP contribution in [0.4, 0.5) is 0 Å². The summed E-state index contributed by atoms with van der Waals surface area (Å²) in [4.78, 5) is 17.6. The molecule has 0 radical (unpaired) electrons. The van der Waals surface area contributed by atoms with Crippen LogP contribution in [0.15, 0.2) is 0 Å². The van der Waals surface area contributed by atoms with Crippen LogP contribution in [0, 0.1) is 0 Å². The molecule has 6 heavy (non-hydrogen) atoms. The number of carbonyl (C=O) groups excluding carboxylic acids is 2. The molecule has 0 amide bonds. The predicted molar refractivity (Wildman–Crippen MR) is 19.4 cm³/mol. The number of hydrogen-bond donors (Lipinski definition) is 0. The van der Waals surface area contributed by atoms with Gasteiger partial charge in [-0.2, -0.15) is 0 Å². The van der Waals surface area contributed by atoms with E-state index in [9.17, 15) is 0 Å². The molecule has 40 valence electrons. The van der Waals surface area contributed by atoms with Crippen molar-refractivity contribution in [1.82, 2.24) is 0 Å². The average Bonchev–Trinajstić information content (AvgIpc) is 1.37. The van der Waals surface area contributed by atoms with Crippen molar-refractivity contribution in [2.24, 2.45) is 0 Å². The summed E-state index contributed by atoms with van der Waals surface area (Å²) in [5, 5.41) is 0. The van der Waals surface area contributed by atoms with E-state index in [1.807, 2.05) is 0 Å². The molecule has 0 fully saturated rings. The topological polar surface area (TPSA) is 34.1 Å². The molecule has 0 aliphatic heterocycles. The Morgan fingerprint density at radius 1 is 1.00 bits per heavy atom. The van der Waals surface area contributed by atoms with Crippen molar-refractivity contribution in [1.29, 1.82) is 0 Å². The Morgan fingerprint density at radius 2 is 1.17 bits per heavy atom. The Balaban J connectivity index is -0.0000000450. The molecular weight excluding hydrogens is 150 g/mol. The van der Waals surface area contributed by atoms with E-state index in [2.05, 4.69) is 0 Å². The van der Waals surface area contributed by atoms with Gasteiger partial charge in [-0.3, -0.25) is 9.59 Å². The van der Waals surface area contributed by atoms with Crippen LogP contribution in [0.1, 0.15) is 0 Å². The van der Waals surface area contributed by atoms with Gasteiger partial charge in [0, 0.05) is 16.5 Å². The van der Waals surface area contributed by atoms with Gasteiger partial charge in [-0.05, 0) is 0 Å². The van der Waals surface area contributed by atoms with Crippen molar-refractivity contribution in [3.63, 3.8) is 0 Å². The van der Waals surface area contributed by atoms with Crippen molar-refractivity contribution in [3.8, 4) is 0 Å². The molecule has 0 heterocycles. The molecule has 0 saturated heterocycles. The Bertz CT molecular complexity index is 32.5. The van der Waals surface area contributed by atoms with Crippen LogP contribution in [0.25, 0.3) is 0 Å². The zero-order valence-corrected chi connectivity index (χ0v) is 4.50. The van der Waals surface area contributed by atoms with Gasteiger partial charge in [0.05, 0.1) is 0 Å². The van der Waals surface area contributed by atoms with E-state index in [1.165, 1.54) is 0 Å². The fourth-order valence-corrected chi connectivity index (χ4v) is 0. The fourth-order valence-electron chi connectivity index (χ4n) is 0. The van der Waals surface area contributed by atoms with Gasteiger partial charge in [-0.25, -0.2) is 0 Å². The third-order valence-electron chi connectivity index (χ3n) is 0.0556. The molecule has 0 saturated carbocycles. The van der Waals surface area contributed by atoms with Crippen molar-refractivity contribution in [2.45, 2.75) is 0 Å². The van der Waals surface area contributed by atoms with Crippen LogP contribution in [0.2, 0.25) is 0 Å². The zero-order valence-electron chi connectivity index (χ0n) is 2.70. The first-order valence-corrected chi connectivity index (χ1v) is 0.805. The van der Waals surface area contributed by atoms with Crippen molar-refractivity contribution in [2.75, 3.05) is 0 Å². The summed E-state index contributed by atoms with van der Waals surface area (Å²) in [5.74, 6) is 0. The fraction of sp³-hybridized carbons (Fsp3) is 0. The average molecular weight is 153 g/mol. The summed E-state index contributed by atoms with van der Waals surface area (Å²) in [5.41, 5.74) is 0. The van der Waals surface area contributed by atoms with E-state index in [4.69, 9.17) is 9.59 Å². The number of carbonyl (C=O) groups is 2. The summed E-state index contributed by atoms with van der Waals surface area (Å²) < 4.78 is 0. The van der Waals surface area contributed by atoms with Crippen LogP contribution in [-0.2, 0) is 26.1 Å². The van der Waals surface area contributed by atoms with Gasteiger partial charge in [0.15, 0.2) is 12.6 Å². The maximum atomic E-state index is 8.81. The maximum absolute atomic E-state index is 8.81. The quantitative estimate of drug-likeness (QED) is 0.297. The first kappa shape index (κ1) is 16.5. The molecular formula is C2H3ClNiO2. The van der Waals surface area contributed by atoms with Gasteiger partial charge >= 0.3 is 0 Å². The third-order valence-corrected chi connectivity index (χ3v) is 0.0556.